The molecule has 0 aliphatic heterocycles. The van der Waals surface area contributed by atoms with Crippen molar-refractivity contribution >= 4 is 10.8 Å². The Hall–Kier alpha value is -2.55. The fraction of sp³-hybridized carbons (Fsp3) is 0.0714. The molecular formula is C14H8F3N3O2S. The lowest BCUT2D eigenvalue weighted by atomic mass is 10.3. The third kappa shape index (κ3) is 3.29. The second-order valence-electron chi connectivity index (χ2n) is 4.39. The zero-order chi connectivity index (χ0) is 16.4. The zero-order valence-corrected chi connectivity index (χ0v) is 12.1. The largest absolute Gasteiger partial charge is 0.471 e. The summed E-state index contributed by atoms with van der Waals surface area (Å²) in [6.07, 6.45) is -3.45. The summed E-state index contributed by atoms with van der Waals surface area (Å²) in [7, 11) is -1.48. The lowest BCUT2D eigenvalue weighted by molar-refractivity contribution is -0.159. The van der Waals surface area contributed by atoms with E-state index < -0.39 is 22.9 Å². The molecule has 0 saturated heterocycles. The summed E-state index contributed by atoms with van der Waals surface area (Å²) in [5.74, 6) is -1.66. The van der Waals surface area contributed by atoms with E-state index in [-0.39, 0.29) is 16.4 Å². The number of pyridine rings is 1. The van der Waals surface area contributed by atoms with Crippen LogP contribution >= 0.6 is 0 Å². The van der Waals surface area contributed by atoms with Gasteiger partial charge in [0.25, 0.3) is 0 Å². The highest BCUT2D eigenvalue weighted by Gasteiger charge is 2.38. The Kier molecular flexibility index (Phi) is 3.95. The molecule has 23 heavy (non-hydrogen) atoms. The van der Waals surface area contributed by atoms with Crippen molar-refractivity contribution in [1.82, 2.24) is 15.1 Å². The number of hydrogen-bond acceptors (Lipinski definition) is 5. The molecule has 0 N–H and O–H groups in total. The third-order valence-electron chi connectivity index (χ3n) is 2.81. The molecule has 0 amide bonds. The van der Waals surface area contributed by atoms with E-state index in [1.807, 2.05) is 0 Å². The zero-order valence-electron chi connectivity index (χ0n) is 11.3. The minimum atomic E-state index is -4.70. The van der Waals surface area contributed by atoms with E-state index >= 15 is 0 Å². The van der Waals surface area contributed by atoms with Gasteiger partial charge in [0, 0.05) is 16.7 Å². The van der Waals surface area contributed by atoms with E-state index in [1.165, 1.54) is 18.3 Å². The van der Waals surface area contributed by atoms with Crippen molar-refractivity contribution in [2.24, 2.45) is 0 Å². The SMILES string of the molecule is O=S(c1ccccc1)c1ccc(-c2noc(C(F)(F)F)n2)cn1. The van der Waals surface area contributed by atoms with Crippen molar-refractivity contribution < 1.29 is 21.9 Å². The van der Waals surface area contributed by atoms with Crippen LogP contribution < -0.4 is 0 Å². The van der Waals surface area contributed by atoms with Crippen molar-refractivity contribution in [3.8, 4) is 11.4 Å². The fourth-order valence-electron chi connectivity index (χ4n) is 1.74. The summed E-state index contributed by atoms with van der Waals surface area (Å²) in [5.41, 5.74) is 0.234. The first-order chi connectivity index (χ1) is 10.9. The van der Waals surface area contributed by atoms with E-state index in [2.05, 4.69) is 19.6 Å². The van der Waals surface area contributed by atoms with Gasteiger partial charge in [0.1, 0.15) is 15.8 Å². The molecule has 0 aliphatic rings. The molecule has 2 aromatic heterocycles. The number of aromatic nitrogens is 3. The Morgan fingerprint density at radius 2 is 1.78 bits per heavy atom. The van der Waals surface area contributed by atoms with E-state index in [1.54, 1.807) is 30.3 Å². The van der Waals surface area contributed by atoms with Crippen molar-refractivity contribution in [2.75, 3.05) is 0 Å². The second kappa shape index (κ2) is 5.92. The Balaban J connectivity index is 1.85. The summed E-state index contributed by atoms with van der Waals surface area (Å²) >= 11 is 0. The Morgan fingerprint density at radius 3 is 2.35 bits per heavy atom. The number of hydrogen-bond donors (Lipinski definition) is 0. The maximum absolute atomic E-state index is 12.4. The number of benzene rings is 1. The smallest absolute Gasteiger partial charge is 0.329 e. The van der Waals surface area contributed by atoms with E-state index in [0.717, 1.165) is 0 Å². The molecule has 0 bridgehead atoms. The lowest BCUT2D eigenvalue weighted by Gasteiger charge is -2.01. The molecule has 9 heteroatoms. The molecule has 3 rings (SSSR count). The van der Waals surface area contributed by atoms with Crippen LogP contribution in [0.3, 0.4) is 0 Å². The monoisotopic (exact) mass is 339 g/mol. The number of nitrogens with zero attached hydrogens (tertiary/aromatic N) is 3. The molecule has 1 unspecified atom stereocenters. The van der Waals surface area contributed by atoms with Crippen LogP contribution in [0.4, 0.5) is 13.2 Å². The van der Waals surface area contributed by atoms with E-state index in [9.17, 15) is 17.4 Å². The summed E-state index contributed by atoms with van der Waals surface area (Å²) in [4.78, 5) is 7.84. The van der Waals surface area contributed by atoms with Crippen LogP contribution in [0, 0.1) is 0 Å². The molecule has 118 valence electrons. The average Bonchev–Trinajstić information content (AvgIpc) is 3.05. The topological polar surface area (TPSA) is 68.9 Å². The molecule has 0 radical (unpaired) electrons. The minimum Gasteiger partial charge on any atom is -0.329 e. The Bertz CT molecular complexity index is 832. The van der Waals surface area contributed by atoms with Crippen molar-refractivity contribution in [1.29, 1.82) is 0 Å². The third-order valence-corrected chi connectivity index (χ3v) is 4.13. The van der Waals surface area contributed by atoms with Crippen LogP contribution in [-0.4, -0.2) is 19.3 Å². The second-order valence-corrected chi connectivity index (χ2v) is 5.81. The first kappa shape index (κ1) is 15.3. The molecule has 0 spiro atoms. The quantitative estimate of drug-likeness (QED) is 0.732. The molecule has 1 aromatic carbocycles. The van der Waals surface area contributed by atoms with Gasteiger partial charge in [-0.15, -0.1) is 0 Å². The van der Waals surface area contributed by atoms with Gasteiger partial charge >= 0.3 is 12.1 Å². The summed E-state index contributed by atoms with van der Waals surface area (Å²) in [6.45, 7) is 0. The van der Waals surface area contributed by atoms with Gasteiger partial charge in [0.15, 0.2) is 0 Å². The number of halogens is 3. The van der Waals surface area contributed by atoms with Crippen molar-refractivity contribution in [3.05, 3.63) is 54.6 Å². The fourth-order valence-corrected chi connectivity index (χ4v) is 2.73. The van der Waals surface area contributed by atoms with Gasteiger partial charge in [0.05, 0.1) is 0 Å². The van der Waals surface area contributed by atoms with Gasteiger partial charge in [-0.1, -0.05) is 23.4 Å². The van der Waals surface area contributed by atoms with Crippen LogP contribution in [-0.2, 0) is 17.0 Å². The number of rotatable bonds is 3. The number of alkyl halides is 3. The van der Waals surface area contributed by atoms with Gasteiger partial charge in [-0.3, -0.25) is 0 Å². The minimum absolute atomic E-state index is 0.234. The maximum Gasteiger partial charge on any atom is 0.471 e. The van der Waals surface area contributed by atoms with Gasteiger partial charge < -0.3 is 4.52 Å². The lowest BCUT2D eigenvalue weighted by Crippen LogP contribution is -2.04. The molecule has 1 atom stereocenters. The predicted molar refractivity (Wildman–Crippen MR) is 73.6 cm³/mol. The van der Waals surface area contributed by atoms with Gasteiger partial charge in [-0.25, -0.2) is 9.19 Å². The first-order valence-electron chi connectivity index (χ1n) is 6.29. The molecular weight excluding hydrogens is 331 g/mol. The molecule has 2 heterocycles. The highest BCUT2D eigenvalue weighted by Crippen LogP contribution is 2.29. The molecule has 5 nitrogen and oxygen atoms in total. The highest BCUT2D eigenvalue weighted by molar-refractivity contribution is 7.85. The highest BCUT2D eigenvalue weighted by atomic mass is 32.2. The molecule has 3 aromatic rings. The van der Waals surface area contributed by atoms with Crippen LogP contribution in [0.2, 0.25) is 0 Å². The summed E-state index contributed by atoms with van der Waals surface area (Å²) in [5, 5.41) is 3.54. The van der Waals surface area contributed by atoms with Crippen LogP contribution in [0.15, 0.2) is 63.1 Å². The standard InChI is InChI=1S/C14H8F3N3O2S/c15-14(16,17)13-19-12(20-22-13)9-6-7-11(18-8-9)23(21)10-4-2-1-3-5-10/h1-8H. The van der Waals surface area contributed by atoms with E-state index in [4.69, 9.17) is 0 Å². The maximum atomic E-state index is 12.4. The van der Waals surface area contributed by atoms with Crippen LogP contribution in [0.25, 0.3) is 11.4 Å². The van der Waals surface area contributed by atoms with Crippen LogP contribution in [0.5, 0.6) is 0 Å². The average molecular weight is 339 g/mol. The van der Waals surface area contributed by atoms with Gasteiger partial charge in [-0.05, 0) is 24.3 Å². The van der Waals surface area contributed by atoms with E-state index in [0.29, 0.717) is 4.90 Å². The van der Waals surface area contributed by atoms with Crippen molar-refractivity contribution in [2.45, 2.75) is 16.1 Å². The van der Waals surface area contributed by atoms with Gasteiger partial charge in [0.2, 0.25) is 5.82 Å². The summed E-state index contributed by atoms with van der Waals surface area (Å²) < 4.78 is 53.7. The first-order valence-corrected chi connectivity index (χ1v) is 7.44. The van der Waals surface area contributed by atoms with Crippen LogP contribution in [0.1, 0.15) is 5.89 Å². The Morgan fingerprint density at radius 1 is 1.04 bits per heavy atom. The molecule has 0 fully saturated rings. The summed E-state index contributed by atoms with van der Waals surface area (Å²) in [6, 6.07) is 11.6. The van der Waals surface area contributed by atoms with Gasteiger partial charge in [-0.2, -0.15) is 18.2 Å². The Labute approximate surface area is 130 Å². The predicted octanol–water partition coefficient (Wildman–Crippen LogP) is 3.32. The normalized spacial score (nSPS) is 13.0. The molecule has 0 saturated carbocycles. The van der Waals surface area contributed by atoms with Crippen molar-refractivity contribution in [3.63, 3.8) is 0 Å². The molecule has 0 aliphatic carbocycles.